The Kier molecular flexibility index (Phi) is 5.65. The molecular formula is C14H20ClNO4. The first-order valence-corrected chi connectivity index (χ1v) is 6.63. The topological polar surface area (TPSA) is 81.8 Å². The highest BCUT2D eigenvalue weighted by atomic mass is 35.5. The van der Waals surface area contributed by atoms with Crippen LogP contribution < -0.4 is 15.2 Å². The summed E-state index contributed by atoms with van der Waals surface area (Å²) >= 11 is 6.25. The monoisotopic (exact) mass is 301 g/mol. The van der Waals surface area contributed by atoms with E-state index < -0.39 is 11.9 Å². The lowest BCUT2D eigenvalue weighted by molar-refractivity contribution is -0.138. The molecule has 0 radical (unpaired) electrons. The van der Waals surface area contributed by atoms with Gasteiger partial charge in [-0.2, -0.15) is 0 Å². The van der Waals surface area contributed by atoms with Crippen molar-refractivity contribution in [2.45, 2.75) is 25.7 Å². The second kappa shape index (κ2) is 6.81. The lowest BCUT2D eigenvalue weighted by Gasteiger charge is -2.23. The second-order valence-electron chi connectivity index (χ2n) is 4.70. The van der Waals surface area contributed by atoms with Gasteiger partial charge in [0.2, 0.25) is 0 Å². The number of aliphatic carboxylic acids is 1. The Bertz CT molecular complexity index is 502. The smallest absolute Gasteiger partial charge is 0.312 e. The Morgan fingerprint density at radius 3 is 2.30 bits per heavy atom. The summed E-state index contributed by atoms with van der Waals surface area (Å²) in [6, 6.07) is 1.56. The van der Waals surface area contributed by atoms with Crippen molar-refractivity contribution in [2.75, 3.05) is 20.8 Å². The molecule has 0 saturated carbocycles. The summed E-state index contributed by atoms with van der Waals surface area (Å²) in [7, 11) is 3.02. The van der Waals surface area contributed by atoms with Crippen molar-refractivity contribution in [3.63, 3.8) is 0 Å². The number of carboxylic acid groups (broad SMARTS) is 1. The van der Waals surface area contributed by atoms with Gasteiger partial charge in [-0.05, 0) is 11.5 Å². The Morgan fingerprint density at radius 1 is 1.35 bits per heavy atom. The van der Waals surface area contributed by atoms with E-state index in [2.05, 4.69) is 0 Å². The molecule has 1 aromatic rings. The number of halogens is 1. The molecule has 0 heterocycles. The summed E-state index contributed by atoms with van der Waals surface area (Å²) in [5.74, 6) is -0.892. The van der Waals surface area contributed by atoms with Gasteiger partial charge in [-0.1, -0.05) is 25.4 Å². The van der Waals surface area contributed by atoms with Gasteiger partial charge in [0.1, 0.15) is 0 Å². The normalized spacial score (nSPS) is 12.3. The molecule has 0 fully saturated rings. The molecule has 0 bridgehead atoms. The van der Waals surface area contributed by atoms with Crippen molar-refractivity contribution in [1.82, 2.24) is 0 Å². The first kappa shape index (κ1) is 16.6. The van der Waals surface area contributed by atoms with Gasteiger partial charge in [0, 0.05) is 23.2 Å². The maximum atomic E-state index is 11.4. The van der Waals surface area contributed by atoms with E-state index in [0.717, 1.165) is 5.56 Å². The molecule has 3 N–H and O–H groups in total. The number of rotatable bonds is 6. The Labute approximate surface area is 123 Å². The molecule has 0 saturated heterocycles. The van der Waals surface area contributed by atoms with Crippen molar-refractivity contribution in [1.29, 1.82) is 0 Å². The molecular weight excluding hydrogens is 282 g/mol. The van der Waals surface area contributed by atoms with Gasteiger partial charge in [0.05, 0.1) is 20.1 Å². The van der Waals surface area contributed by atoms with Crippen LogP contribution >= 0.6 is 11.6 Å². The van der Waals surface area contributed by atoms with Crippen molar-refractivity contribution in [3.8, 4) is 11.5 Å². The van der Waals surface area contributed by atoms with Crippen LogP contribution in [0.4, 0.5) is 0 Å². The van der Waals surface area contributed by atoms with Gasteiger partial charge in [-0.3, -0.25) is 4.79 Å². The van der Waals surface area contributed by atoms with Crippen LogP contribution in [-0.4, -0.2) is 31.8 Å². The third-order valence-electron chi connectivity index (χ3n) is 3.16. The number of carboxylic acids is 1. The van der Waals surface area contributed by atoms with Crippen molar-refractivity contribution >= 4 is 17.6 Å². The Morgan fingerprint density at radius 2 is 1.95 bits per heavy atom. The van der Waals surface area contributed by atoms with E-state index in [0.29, 0.717) is 22.1 Å². The van der Waals surface area contributed by atoms with E-state index in [1.807, 2.05) is 13.8 Å². The first-order valence-electron chi connectivity index (χ1n) is 6.26. The number of nitrogens with two attached hydrogens (primary N) is 1. The average Bonchev–Trinajstić information content (AvgIpc) is 2.39. The van der Waals surface area contributed by atoms with Crippen LogP contribution in [0.15, 0.2) is 6.07 Å². The summed E-state index contributed by atoms with van der Waals surface area (Å²) in [6.45, 7) is 3.84. The summed E-state index contributed by atoms with van der Waals surface area (Å²) in [5, 5.41) is 9.66. The fourth-order valence-electron chi connectivity index (χ4n) is 2.27. The van der Waals surface area contributed by atoms with Crippen LogP contribution in [0.25, 0.3) is 0 Å². The van der Waals surface area contributed by atoms with Crippen LogP contribution in [0.1, 0.15) is 36.8 Å². The molecule has 0 spiro atoms. The van der Waals surface area contributed by atoms with E-state index in [1.165, 1.54) is 14.2 Å². The quantitative estimate of drug-likeness (QED) is 0.844. The van der Waals surface area contributed by atoms with Crippen LogP contribution in [0.3, 0.4) is 0 Å². The third-order valence-corrected chi connectivity index (χ3v) is 3.47. The fourth-order valence-corrected chi connectivity index (χ4v) is 2.61. The number of benzene rings is 1. The lowest BCUT2D eigenvalue weighted by Crippen LogP contribution is -2.23. The minimum atomic E-state index is -1.01. The Hall–Kier alpha value is -1.46. The number of hydrogen-bond acceptors (Lipinski definition) is 4. The zero-order valence-corrected chi connectivity index (χ0v) is 12.8. The van der Waals surface area contributed by atoms with Crippen molar-refractivity contribution in [3.05, 3.63) is 22.2 Å². The largest absolute Gasteiger partial charge is 0.493 e. The summed E-state index contributed by atoms with van der Waals surface area (Å²) < 4.78 is 10.6. The van der Waals surface area contributed by atoms with Crippen LogP contribution in [0.2, 0.25) is 5.02 Å². The van der Waals surface area contributed by atoms with Gasteiger partial charge < -0.3 is 20.3 Å². The average molecular weight is 302 g/mol. The van der Waals surface area contributed by atoms with Crippen molar-refractivity contribution < 1.29 is 19.4 Å². The predicted octanol–water partition coefficient (Wildman–Crippen LogP) is 2.61. The highest BCUT2D eigenvalue weighted by Crippen LogP contribution is 2.44. The SMILES string of the molecule is COc1cc(Cl)c(C(CN)C(=O)O)c(C(C)C)c1OC. The molecule has 5 nitrogen and oxygen atoms in total. The molecule has 20 heavy (non-hydrogen) atoms. The maximum Gasteiger partial charge on any atom is 0.312 e. The summed E-state index contributed by atoms with van der Waals surface area (Å²) in [6.07, 6.45) is 0. The molecule has 0 aliphatic heterocycles. The number of methoxy groups -OCH3 is 2. The van der Waals surface area contributed by atoms with Crippen LogP contribution in [-0.2, 0) is 4.79 Å². The van der Waals surface area contributed by atoms with Crippen LogP contribution in [0, 0.1) is 0 Å². The third kappa shape index (κ3) is 2.99. The fraction of sp³-hybridized carbons (Fsp3) is 0.500. The standard InChI is InChI=1S/C14H20ClNO4/c1-7(2)11-12(8(6-16)14(17)18)9(15)5-10(19-3)13(11)20-4/h5,7-8H,6,16H2,1-4H3,(H,17,18). The van der Waals surface area contributed by atoms with E-state index in [1.54, 1.807) is 6.07 Å². The summed E-state index contributed by atoms with van der Waals surface area (Å²) in [5.41, 5.74) is 6.81. The minimum absolute atomic E-state index is 0.0148. The highest BCUT2D eigenvalue weighted by Gasteiger charge is 2.29. The molecule has 0 aliphatic rings. The van der Waals surface area contributed by atoms with E-state index in [4.69, 9.17) is 26.8 Å². The molecule has 1 atom stereocenters. The van der Waals surface area contributed by atoms with E-state index >= 15 is 0 Å². The molecule has 0 amide bonds. The minimum Gasteiger partial charge on any atom is -0.493 e. The first-order chi connectivity index (χ1) is 9.38. The highest BCUT2D eigenvalue weighted by molar-refractivity contribution is 6.32. The zero-order chi connectivity index (χ0) is 15.4. The molecule has 1 rings (SSSR count). The predicted molar refractivity (Wildman–Crippen MR) is 78.1 cm³/mol. The summed E-state index contributed by atoms with van der Waals surface area (Å²) in [4.78, 5) is 11.4. The number of hydrogen-bond donors (Lipinski definition) is 2. The molecule has 0 aromatic heterocycles. The molecule has 1 unspecified atom stereocenters. The van der Waals surface area contributed by atoms with Gasteiger partial charge in [-0.25, -0.2) is 0 Å². The van der Waals surface area contributed by atoms with E-state index in [9.17, 15) is 9.90 Å². The van der Waals surface area contributed by atoms with Gasteiger partial charge in [0.25, 0.3) is 0 Å². The van der Waals surface area contributed by atoms with E-state index in [-0.39, 0.29) is 12.5 Å². The molecule has 1 aromatic carbocycles. The second-order valence-corrected chi connectivity index (χ2v) is 5.11. The Balaban J connectivity index is 3.69. The zero-order valence-electron chi connectivity index (χ0n) is 12.1. The van der Waals surface area contributed by atoms with Gasteiger partial charge >= 0.3 is 5.97 Å². The van der Waals surface area contributed by atoms with Crippen LogP contribution in [0.5, 0.6) is 11.5 Å². The van der Waals surface area contributed by atoms with Gasteiger partial charge in [0.15, 0.2) is 11.5 Å². The molecule has 0 aliphatic carbocycles. The van der Waals surface area contributed by atoms with Gasteiger partial charge in [-0.15, -0.1) is 0 Å². The molecule has 112 valence electrons. The lowest BCUT2D eigenvalue weighted by atomic mass is 9.87. The number of carbonyl (C=O) groups is 1. The van der Waals surface area contributed by atoms with Crippen molar-refractivity contribution in [2.24, 2.45) is 5.73 Å². The molecule has 6 heteroatoms. The maximum absolute atomic E-state index is 11.4. The number of ether oxygens (including phenoxy) is 2.